The number of hydrogen-bond donors (Lipinski definition) is 2. The van der Waals surface area contributed by atoms with Gasteiger partial charge in [0, 0.05) is 42.2 Å². The first-order valence-corrected chi connectivity index (χ1v) is 11.7. The van der Waals surface area contributed by atoms with Gasteiger partial charge in [-0.3, -0.25) is 5.32 Å². The minimum atomic E-state index is -2.00. The van der Waals surface area contributed by atoms with Crippen LogP contribution in [0.15, 0.2) is 16.7 Å². The summed E-state index contributed by atoms with van der Waals surface area (Å²) in [6, 6.07) is -0.343. The summed E-state index contributed by atoms with van der Waals surface area (Å²) in [5.74, 6) is 1.81. The van der Waals surface area contributed by atoms with Gasteiger partial charge in [-0.1, -0.05) is 20.8 Å². The van der Waals surface area contributed by atoms with Gasteiger partial charge in [0.1, 0.15) is 5.76 Å². The van der Waals surface area contributed by atoms with Crippen LogP contribution in [0.3, 0.4) is 0 Å². The SMILES string of the molecule is [2H]C([2H])([2H])[C@@H]1CCC2C(N1)OC1=C([C@H]3Cc4c(C([2H])([2H])C(C)(C)C)csc4CN3)CCCC12. The Hall–Kier alpha value is -0.840. The molecule has 1 aromatic rings. The molecular formula is C24H36N2OS. The number of thiophene rings is 1. The summed E-state index contributed by atoms with van der Waals surface area (Å²) in [6.45, 7) is 4.68. The summed E-state index contributed by atoms with van der Waals surface area (Å²) >= 11 is 1.67. The zero-order valence-electron chi connectivity index (χ0n) is 22.2. The van der Waals surface area contributed by atoms with E-state index in [0.717, 1.165) is 50.0 Å². The summed E-state index contributed by atoms with van der Waals surface area (Å²) in [7, 11) is 0. The molecule has 154 valence electrons. The molecule has 1 aliphatic carbocycles. The van der Waals surface area contributed by atoms with Crippen molar-refractivity contribution >= 4 is 11.3 Å². The average molecular weight is 406 g/mol. The van der Waals surface area contributed by atoms with Crippen molar-refractivity contribution in [1.82, 2.24) is 10.6 Å². The van der Waals surface area contributed by atoms with Crippen LogP contribution < -0.4 is 10.6 Å². The molecule has 0 saturated carbocycles. The smallest absolute Gasteiger partial charge is 0.153 e. The van der Waals surface area contributed by atoms with E-state index in [2.05, 4.69) is 10.6 Å². The number of rotatable bonds is 2. The number of piperidine rings is 1. The van der Waals surface area contributed by atoms with E-state index in [4.69, 9.17) is 11.6 Å². The Morgan fingerprint density at radius 3 is 3.04 bits per heavy atom. The molecule has 2 N–H and O–H groups in total. The lowest BCUT2D eigenvalue weighted by Gasteiger charge is -2.33. The van der Waals surface area contributed by atoms with E-state index in [-0.39, 0.29) is 12.3 Å². The maximum absolute atomic E-state index is 8.84. The van der Waals surface area contributed by atoms with Crippen LogP contribution in [-0.4, -0.2) is 18.3 Å². The number of ether oxygens (including phenoxy) is 1. The van der Waals surface area contributed by atoms with Crippen LogP contribution in [0.25, 0.3) is 0 Å². The van der Waals surface area contributed by atoms with E-state index in [0.29, 0.717) is 18.3 Å². The minimum absolute atomic E-state index is 0.151. The lowest BCUT2D eigenvalue weighted by atomic mass is 9.75. The van der Waals surface area contributed by atoms with E-state index in [1.165, 1.54) is 16.0 Å². The first-order valence-electron chi connectivity index (χ1n) is 13.4. The van der Waals surface area contributed by atoms with Crippen LogP contribution in [0.1, 0.15) is 82.6 Å². The van der Waals surface area contributed by atoms with Gasteiger partial charge >= 0.3 is 0 Å². The molecule has 4 aliphatic rings. The first kappa shape index (κ1) is 14.2. The van der Waals surface area contributed by atoms with E-state index in [9.17, 15) is 0 Å². The van der Waals surface area contributed by atoms with Gasteiger partial charge in [-0.2, -0.15) is 0 Å². The predicted octanol–water partition coefficient (Wildman–Crippen LogP) is 5.15. The molecule has 0 spiro atoms. The molecule has 5 rings (SSSR count). The van der Waals surface area contributed by atoms with E-state index in [1.54, 1.807) is 11.3 Å². The monoisotopic (exact) mass is 405 g/mol. The Bertz CT molecular complexity index is 948. The highest BCUT2D eigenvalue weighted by Crippen LogP contribution is 2.48. The number of nitrogens with one attached hydrogen (secondary N) is 2. The summed E-state index contributed by atoms with van der Waals surface area (Å²) in [4.78, 5) is 1.25. The highest BCUT2D eigenvalue weighted by atomic mass is 32.1. The second-order valence-corrected chi connectivity index (χ2v) is 10.9. The van der Waals surface area contributed by atoms with E-state index < -0.39 is 24.7 Å². The minimum Gasteiger partial charge on any atom is -0.479 e. The molecule has 0 bridgehead atoms. The average Bonchev–Trinajstić information content (AvgIpc) is 3.32. The highest BCUT2D eigenvalue weighted by Gasteiger charge is 2.47. The van der Waals surface area contributed by atoms with Crippen LogP contribution in [0, 0.1) is 17.3 Å². The molecule has 5 atom stereocenters. The molecule has 2 fully saturated rings. The molecule has 4 heterocycles. The molecule has 4 heteroatoms. The Kier molecular flexibility index (Phi) is 3.62. The van der Waals surface area contributed by atoms with Gasteiger partial charge < -0.3 is 10.1 Å². The van der Waals surface area contributed by atoms with E-state index in [1.807, 2.05) is 26.2 Å². The van der Waals surface area contributed by atoms with Gasteiger partial charge in [0.25, 0.3) is 0 Å². The summed E-state index contributed by atoms with van der Waals surface area (Å²) in [6.07, 6.45) is 3.99. The second-order valence-electron chi connectivity index (χ2n) is 9.95. The zero-order chi connectivity index (χ0) is 23.8. The molecule has 3 aliphatic heterocycles. The van der Waals surface area contributed by atoms with Crippen molar-refractivity contribution in [2.45, 2.75) is 97.4 Å². The predicted molar refractivity (Wildman–Crippen MR) is 116 cm³/mol. The van der Waals surface area contributed by atoms with Crippen LogP contribution in [0.4, 0.5) is 0 Å². The van der Waals surface area contributed by atoms with Crippen molar-refractivity contribution in [2.24, 2.45) is 17.3 Å². The van der Waals surface area contributed by atoms with Crippen LogP contribution in [0.2, 0.25) is 0 Å². The number of fused-ring (bicyclic) bond motifs is 4. The zero-order valence-corrected chi connectivity index (χ0v) is 18.0. The fourth-order valence-corrected chi connectivity index (χ4v) is 6.51. The van der Waals surface area contributed by atoms with Crippen LogP contribution >= 0.6 is 11.3 Å². The maximum atomic E-state index is 8.84. The Morgan fingerprint density at radius 2 is 2.21 bits per heavy atom. The molecule has 3 nitrogen and oxygen atoms in total. The first-order chi connectivity index (χ1) is 15.4. The third-order valence-electron chi connectivity index (χ3n) is 6.76. The lowest BCUT2D eigenvalue weighted by Crippen LogP contribution is -2.45. The van der Waals surface area contributed by atoms with Crippen molar-refractivity contribution in [2.75, 3.05) is 0 Å². The molecule has 3 unspecified atom stereocenters. The van der Waals surface area contributed by atoms with Crippen molar-refractivity contribution in [3.63, 3.8) is 0 Å². The van der Waals surface area contributed by atoms with Gasteiger partial charge in [0.2, 0.25) is 0 Å². The normalized spacial score (nSPS) is 38.8. The fraction of sp³-hybridized carbons (Fsp3) is 0.750. The quantitative estimate of drug-likeness (QED) is 0.714. The molecular weight excluding hydrogens is 364 g/mol. The topological polar surface area (TPSA) is 33.3 Å². The fourth-order valence-electron chi connectivity index (χ4n) is 5.55. The van der Waals surface area contributed by atoms with Gasteiger partial charge in [-0.25, -0.2) is 0 Å². The van der Waals surface area contributed by atoms with Crippen molar-refractivity contribution in [3.05, 3.63) is 32.7 Å². The van der Waals surface area contributed by atoms with Crippen molar-refractivity contribution in [3.8, 4) is 0 Å². The second kappa shape index (κ2) is 7.14. The Balaban J connectivity index is 1.42. The maximum Gasteiger partial charge on any atom is 0.153 e. The van der Waals surface area contributed by atoms with E-state index >= 15 is 0 Å². The Morgan fingerprint density at radius 1 is 1.32 bits per heavy atom. The highest BCUT2D eigenvalue weighted by molar-refractivity contribution is 7.10. The molecule has 1 aromatic heterocycles. The third-order valence-corrected chi connectivity index (χ3v) is 7.79. The van der Waals surface area contributed by atoms with Gasteiger partial charge in [0.15, 0.2) is 6.23 Å². The standard InChI is InChI=1S/C24H36N2OS/c1-14-8-9-17-16-6-5-7-18(22(16)27-23(17)26-14)20-10-19-15(11-24(2,3)4)13-28-21(19)12-25-20/h13-14,16-17,20,23,25-26H,5-12H2,1-4H3/t14-,16?,17?,20-,23?/m1/s1/i1D3,11D2. The van der Waals surface area contributed by atoms with Crippen LogP contribution in [-0.2, 0) is 24.1 Å². The Labute approximate surface area is 181 Å². The number of allylic oxidation sites excluding steroid dienone is 1. The molecule has 0 aromatic carbocycles. The van der Waals surface area contributed by atoms with Crippen molar-refractivity contribution < 1.29 is 11.6 Å². The summed E-state index contributed by atoms with van der Waals surface area (Å²) in [5, 5.41) is 9.05. The summed E-state index contributed by atoms with van der Waals surface area (Å²) in [5.41, 5.74) is 2.87. The van der Waals surface area contributed by atoms with Gasteiger partial charge in [-0.05, 0) is 79.2 Å². The lowest BCUT2D eigenvalue weighted by molar-refractivity contribution is 0.0575. The molecule has 28 heavy (non-hydrogen) atoms. The van der Waals surface area contributed by atoms with Crippen molar-refractivity contribution in [1.29, 1.82) is 0 Å². The summed E-state index contributed by atoms with van der Waals surface area (Å²) < 4.78 is 47.6. The number of hydrogen-bond acceptors (Lipinski definition) is 4. The molecule has 0 amide bonds. The molecule has 0 radical (unpaired) electrons. The van der Waals surface area contributed by atoms with Crippen LogP contribution in [0.5, 0.6) is 0 Å². The van der Waals surface area contributed by atoms with Gasteiger partial charge in [-0.15, -0.1) is 11.3 Å². The molecule has 2 saturated heterocycles. The van der Waals surface area contributed by atoms with Gasteiger partial charge in [0.05, 0.1) is 0 Å². The largest absolute Gasteiger partial charge is 0.479 e. The third kappa shape index (κ3) is 3.46.